The van der Waals surface area contributed by atoms with Crippen LogP contribution in [0.15, 0.2) is 71.3 Å². The van der Waals surface area contributed by atoms with Crippen molar-refractivity contribution in [1.29, 1.82) is 0 Å². The van der Waals surface area contributed by atoms with E-state index in [-0.39, 0.29) is 35.5 Å². The van der Waals surface area contributed by atoms with Gasteiger partial charge in [0.1, 0.15) is 17.3 Å². The third-order valence-corrected chi connectivity index (χ3v) is 7.46. The Balaban J connectivity index is 1.53. The number of likely N-dealkylation sites (tertiary alicyclic amines) is 1. The Kier molecular flexibility index (Phi) is 5.73. The van der Waals surface area contributed by atoms with Crippen molar-refractivity contribution in [3.8, 4) is 0 Å². The molecule has 1 aromatic heterocycles. The second-order valence-electron chi connectivity index (χ2n) is 7.43. The minimum absolute atomic E-state index is 0.0565. The van der Waals surface area contributed by atoms with E-state index in [9.17, 15) is 22.4 Å². The standard InChI is InChI=1S/C23H20FNO5S/c24-17-9-7-16(8-10-17)22(26)20-5-1-2-6-21(20)23(27)25-12-11-19(14-25)31(28,29)15-18-4-3-13-30-18/h1-10,13,19H,11-12,14-15H2. The largest absolute Gasteiger partial charge is 0.468 e. The molecule has 1 saturated heterocycles. The molecule has 6 nitrogen and oxygen atoms in total. The van der Waals surface area contributed by atoms with Gasteiger partial charge in [0.25, 0.3) is 5.91 Å². The molecule has 31 heavy (non-hydrogen) atoms. The highest BCUT2D eigenvalue weighted by atomic mass is 32.2. The Labute approximate surface area is 179 Å². The van der Waals surface area contributed by atoms with Gasteiger partial charge in [-0.1, -0.05) is 18.2 Å². The van der Waals surface area contributed by atoms with Crippen molar-refractivity contribution in [2.75, 3.05) is 13.1 Å². The van der Waals surface area contributed by atoms with Crippen LogP contribution in [0.1, 0.15) is 38.5 Å². The van der Waals surface area contributed by atoms with Crippen LogP contribution >= 0.6 is 0 Å². The first kappa shape index (κ1) is 21.0. The third-order valence-electron chi connectivity index (χ3n) is 5.37. The van der Waals surface area contributed by atoms with Crippen LogP contribution in [-0.2, 0) is 15.6 Å². The topological polar surface area (TPSA) is 84.7 Å². The van der Waals surface area contributed by atoms with Crippen LogP contribution in [0, 0.1) is 5.82 Å². The fourth-order valence-electron chi connectivity index (χ4n) is 3.71. The van der Waals surface area contributed by atoms with Gasteiger partial charge in [-0.25, -0.2) is 12.8 Å². The van der Waals surface area contributed by atoms with E-state index >= 15 is 0 Å². The molecule has 4 rings (SSSR count). The van der Waals surface area contributed by atoms with E-state index in [1.807, 2.05) is 0 Å². The molecule has 1 aliphatic rings. The van der Waals surface area contributed by atoms with E-state index in [1.54, 1.807) is 36.4 Å². The number of benzene rings is 2. The van der Waals surface area contributed by atoms with Gasteiger partial charge < -0.3 is 9.32 Å². The number of carbonyl (C=O) groups excluding carboxylic acids is 2. The second-order valence-corrected chi connectivity index (χ2v) is 9.71. The second kappa shape index (κ2) is 8.47. The molecule has 0 saturated carbocycles. The minimum atomic E-state index is -3.50. The van der Waals surface area contributed by atoms with Crippen molar-refractivity contribution in [1.82, 2.24) is 4.90 Å². The van der Waals surface area contributed by atoms with Crippen molar-refractivity contribution < 1.29 is 26.8 Å². The van der Waals surface area contributed by atoms with E-state index in [0.29, 0.717) is 12.2 Å². The summed E-state index contributed by atoms with van der Waals surface area (Å²) >= 11 is 0. The number of halogens is 1. The van der Waals surface area contributed by atoms with Crippen LogP contribution in [0.2, 0.25) is 0 Å². The smallest absolute Gasteiger partial charge is 0.254 e. The van der Waals surface area contributed by atoms with Crippen LogP contribution in [0.25, 0.3) is 0 Å². The molecule has 0 N–H and O–H groups in total. The molecule has 0 radical (unpaired) electrons. The molecule has 1 fully saturated rings. The molecule has 1 unspecified atom stereocenters. The van der Waals surface area contributed by atoms with Crippen molar-refractivity contribution >= 4 is 21.5 Å². The molecule has 1 aliphatic heterocycles. The zero-order valence-electron chi connectivity index (χ0n) is 16.5. The van der Waals surface area contributed by atoms with Gasteiger partial charge >= 0.3 is 0 Å². The summed E-state index contributed by atoms with van der Waals surface area (Å²) in [4.78, 5) is 27.5. The maximum Gasteiger partial charge on any atom is 0.254 e. The number of nitrogens with zero attached hydrogens (tertiary/aromatic N) is 1. The average molecular weight is 441 g/mol. The summed E-state index contributed by atoms with van der Waals surface area (Å²) < 4.78 is 43.8. The third kappa shape index (κ3) is 4.44. The summed E-state index contributed by atoms with van der Waals surface area (Å²) in [6.45, 7) is 0.334. The number of rotatable bonds is 6. The Morgan fingerprint density at radius 1 is 1.00 bits per heavy atom. The van der Waals surface area contributed by atoms with Crippen molar-refractivity contribution in [2.45, 2.75) is 17.4 Å². The van der Waals surface area contributed by atoms with E-state index < -0.39 is 32.6 Å². The Morgan fingerprint density at radius 3 is 2.39 bits per heavy atom. The first-order chi connectivity index (χ1) is 14.8. The summed E-state index contributed by atoms with van der Waals surface area (Å²) in [5, 5.41) is -0.693. The van der Waals surface area contributed by atoms with Gasteiger partial charge in [0, 0.05) is 24.2 Å². The first-order valence-corrected chi connectivity index (χ1v) is 11.5. The van der Waals surface area contributed by atoms with Gasteiger partial charge in [0.05, 0.1) is 17.1 Å². The molecule has 0 aliphatic carbocycles. The van der Waals surface area contributed by atoms with Crippen LogP contribution in [0.3, 0.4) is 0 Å². The molecule has 1 amide bonds. The maximum absolute atomic E-state index is 13.2. The molecule has 0 bridgehead atoms. The van der Waals surface area contributed by atoms with Crippen molar-refractivity contribution in [2.24, 2.45) is 0 Å². The SMILES string of the molecule is O=C(c1ccc(F)cc1)c1ccccc1C(=O)N1CCC(S(=O)(=O)Cc2ccco2)C1. The highest BCUT2D eigenvalue weighted by molar-refractivity contribution is 7.91. The lowest BCUT2D eigenvalue weighted by atomic mass is 9.97. The van der Waals surface area contributed by atoms with E-state index in [0.717, 1.165) is 0 Å². The molecule has 0 spiro atoms. The van der Waals surface area contributed by atoms with Crippen LogP contribution in [0.4, 0.5) is 4.39 Å². The van der Waals surface area contributed by atoms with Gasteiger partial charge in [-0.05, 0) is 48.9 Å². The van der Waals surface area contributed by atoms with E-state index in [1.165, 1.54) is 35.4 Å². The molecular formula is C23H20FNO5S. The fourth-order valence-corrected chi connectivity index (χ4v) is 5.38. The van der Waals surface area contributed by atoms with Crippen molar-refractivity contribution in [3.05, 3.63) is 95.2 Å². The average Bonchev–Trinajstić information content (AvgIpc) is 3.45. The molecule has 2 heterocycles. The van der Waals surface area contributed by atoms with Crippen molar-refractivity contribution in [3.63, 3.8) is 0 Å². The normalized spacial score (nSPS) is 16.4. The van der Waals surface area contributed by atoms with Gasteiger partial charge in [-0.15, -0.1) is 0 Å². The minimum Gasteiger partial charge on any atom is -0.468 e. The molecule has 8 heteroatoms. The zero-order valence-corrected chi connectivity index (χ0v) is 17.3. The van der Waals surface area contributed by atoms with E-state index in [4.69, 9.17) is 4.42 Å². The lowest BCUT2D eigenvalue weighted by Crippen LogP contribution is -2.33. The summed E-state index contributed by atoms with van der Waals surface area (Å²) in [7, 11) is -3.50. The lowest BCUT2D eigenvalue weighted by Gasteiger charge is -2.18. The number of furan rings is 1. The highest BCUT2D eigenvalue weighted by Gasteiger charge is 2.36. The number of ketones is 1. The molecular weight excluding hydrogens is 421 g/mol. The van der Waals surface area contributed by atoms with Gasteiger partial charge in [-0.2, -0.15) is 0 Å². The number of sulfone groups is 1. The molecule has 3 aromatic rings. The fraction of sp³-hybridized carbons (Fsp3) is 0.217. The monoisotopic (exact) mass is 441 g/mol. The Bertz CT molecular complexity index is 1200. The maximum atomic E-state index is 13.2. The number of carbonyl (C=O) groups is 2. The quantitative estimate of drug-likeness (QED) is 0.547. The molecule has 160 valence electrons. The molecule has 2 aromatic carbocycles. The van der Waals surface area contributed by atoms with Gasteiger partial charge in [-0.3, -0.25) is 9.59 Å². The predicted molar refractivity (Wildman–Crippen MR) is 112 cm³/mol. The summed E-state index contributed by atoms with van der Waals surface area (Å²) in [5.41, 5.74) is 0.656. The predicted octanol–water partition coefficient (Wildman–Crippen LogP) is 3.48. The van der Waals surface area contributed by atoms with Crippen LogP contribution in [0.5, 0.6) is 0 Å². The number of amides is 1. The molecule has 1 atom stereocenters. The highest BCUT2D eigenvalue weighted by Crippen LogP contribution is 2.24. The van der Waals surface area contributed by atoms with Gasteiger partial charge in [0.15, 0.2) is 15.6 Å². The van der Waals surface area contributed by atoms with Gasteiger partial charge in [0.2, 0.25) is 0 Å². The Morgan fingerprint density at radius 2 is 1.71 bits per heavy atom. The summed E-state index contributed by atoms with van der Waals surface area (Å²) in [6.07, 6.45) is 1.74. The number of hydrogen-bond donors (Lipinski definition) is 0. The Hall–Kier alpha value is -3.26. The van der Waals surface area contributed by atoms with Crippen LogP contribution in [-0.4, -0.2) is 43.3 Å². The summed E-state index contributed by atoms with van der Waals surface area (Å²) in [5.74, 6) is -1.11. The first-order valence-electron chi connectivity index (χ1n) is 9.77. The van der Waals surface area contributed by atoms with Crippen LogP contribution < -0.4 is 0 Å². The summed E-state index contributed by atoms with van der Waals surface area (Å²) in [6, 6.07) is 14.7. The zero-order chi connectivity index (χ0) is 22.0. The lowest BCUT2D eigenvalue weighted by molar-refractivity contribution is 0.0788. The number of hydrogen-bond acceptors (Lipinski definition) is 5. The van der Waals surface area contributed by atoms with E-state index in [2.05, 4.69) is 0 Å².